The summed E-state index contributed by atoms with van der Waals surface area (Å²) in [5.74, 6) is 1.39. The lowest BCUT2D eigenvalue weighted by atomic mass is 10.2. The SMILES string of the molecule is Cc1cccc(SNC(=O)N/N=C/c2ccc3c(c2)OCO3)c1. The summed E-state index contributed by atoms with van der Waals surface area (Å²) in [4.78, 5) is 12.6. The maximum Gasteiger partial charge on any atom is 0.345 e. The standard InChI is InChI=1S/C16H15N3O3S/c1-11-3-2-4-13(7-11)23-19-16(20)18-17-9-12-5-6-14-15(8-12)22-10-21-14/h2-9H,10H2,1H3,(H2,18,19,20)/b17-9+. The van der Waals surface area contributed by atoms with Crippen molar-refractivity contribution in [3.63, 3.8) is 0 Å². The number of fused-ring (bicyclic) bond motifs is 1. The van der Waals surface area contributed by atoms with E-state index >= 15 is 0 Å². The van der Waals surface area contributed by atoms with Gasteiger partial charge in [0.25, 0.3) is 0 Å². The molecule has 0 unspecified atom stereocenters. The fourth-order valence-electron chi connectivity index (χ4n) is 1.97. The number of urea groups is 1. The number of nitrogens with one attached hydrogen (secondary N) is 2. The first kappa shape index (κ1) is 15.2. The van der Waals surface area contributed by atoms with Crippen molar-refractivity contribution in [2.45, 2.75) is 11.8 Å². The Morgan fingerprint density at radius 3 is 2.96 bits per heavy atom. The molecule has 1 aliphatic heterocycles. The van der Waals surface area contributed by atoms with Crippen molar-refractivity contribution in [2.24, 2.45) is 5.10 Å². The lowest BCUT2D eigenvalue weighted by Crippen LogP contribution is -2.27. The van der Waals surface area contributed by atoms with Gasteiger partial charge in [0.2, 0.25) is 6.79 Å². The Balaban J connectivity index is 1.48. The second-order valence-electron chi connectivity index (χ2n) is 4.83. The maximum atomic E-state index is 11.7. The van der Waals surface area contributed by atoms with Gasteiger partial charge < -0.3 is 9.47 Å². The first-order valence-corrected chi connectivity index (χ1v) is 7.74. The Bertz CT molecular complexity index is 749. The highest BCUT2D eigenvalue weighted by Gasteiger charge is 2.12. The lowest BCUT2D eigenvalue weighted by molar-refractivity contribution is 0.174. The summed E-state index contributed by atoms with van der Waals surface area (Å²) in [7, 11) is 0. The molecule has 7 heteroatoms. The number of ether oxygens (including phenoxy) is 2. The summed E-state index contributed by atoms with van der Waals surface area (Å²) in [6.07, 6.45) is 1.54. The van der Waals surface area contributed by atoms with Gasteiger partial charge in [0.15, 0.2) is 11.5 Å². The number of benzene rings is 2. The molecule has 2 N–H and O–H groups in total. The summed E-state index contributed by atoms with van der Waals surface area (Å²) >= 11 is 1.23. The summed E-state index contributed by atoms with van der Waals surface area (Å²) in [6, 6.07) is 12.9. The molecule has 2 aromatic carbocycles. The van der Waals surface area contributed by atoms with Crippen LogP contribution in [0.1, 0.15) is 11.1 Å². The summed E-state index contributed by atoms with van der Waals surface area (Å²) < 4.78 is 13.2. The topological polar surface area (TPSA) is 72.0 Å². The Hall–Kier alpha value is -2.67. The molecule has 0 spiro atoms. The molecular formula is C16H15N3O3S. The number of hydrazone groups is 1. The summed E-state index contributed by atoms with van der Waals surface area (Å²) in [6.45, 7) is 2.23. The number of nitrogens with zero attached hydrogens (tertiary/aromatic N) is 1. The zero-order chi connectivity index (χ0) is 16.1. The van der Waals surface area contributed by atoms with Crippen LogP contribution in [0.5, 0.6) is 11.5 Å². The van der Waals surface area contributed by atoms with E-state index in [1.54, 1.807) is 18.3 Å². The third kappa shape index (κ3) is 4.17. The molecule has 0 saturated carbocycles. The van der Waals surface area contributed by atoms with E-state index in [1.807, 2.05) is 37.3 Å². The molecule has 0 bridgehead atoms. The Morgan fingerprint density at radius 1 is 1.22 bits per heavy atom. The van der Waals surface area contributed by atoms with E-state index in [-0.39, 0.29) is 6.79 Å². The van der Waals surface area contributed by atoms with E-state index in [1.165, 1.54) is 11.9 Å². The fraction of sp³-hybridized carbons (Fsp3) is 0.125. The van der Waals surface area contributed by atoms with Crippen LogP contribution >= 0.6 is 11.9 Å². The van der Waals surface area contributed by atoms with Gasteiger partial charge in [0, 0.05) is 4.90 Å². The first-order valence-electron chi connectivity index (χ1n) is 6.93. The van der Waals surface area contributed by atoms with E-state index in [4.69, 9.17) is 9.47 Å². The Kier molecular flexibility index (Phi) is 4.68. The zero-order valence-corrected chi connectivity index (χ0v) is 13.2. The van der Waals surface area contributed by atoms with Crippen LogP contribution in [-0.2, 0) is 0 Å². The second-order valence-corrected chi connectivity index (χ2v) is 5.71. The van der Waals surface area contributed by atoms with Crippen LogP contribution in [0.25, 0.3) is 0 Å². The van der Waals surface area contributed by atoms with Crippen LogP contribution in [0.15, 0.2) is 52.5 Å². The number of carbonyl (C=O) groups is 1. The third-order valence-electron chi connectivity index (χ3n) is 3.03. The molecule has 2 aromatic rings. The first-order chi connectivity index (χ1) is 11.2. The van der Waals surface area contributed by atoms with Crippen LogP contribution < -0.4 is 19.6 Å². The summed E-state index contributed by atoms with van der Waals surface area (Å²) in [5.41, 5.74) is 4.35. The van der Waals surface area contributed by atoms with Crippen LogP contribution in [0.3, 0.4) is 0 Å². The number of carbonyl (C=O) groups excluding carboxylic acids is 1. The molecule has 0 aliphatic carbocycles. The van der Waals surface area contributed by atoms with Gasteiger partial charge in [-0.05, 0) is 60.3 Å². The van der Waals surface area contributed by atoms with E-state index in [0.29, 0.717) is 11.5 Å². The molecule has 0 radical (unpaired) electrons. The Labute approximate surface area is 138 Å². The number of hydrogen-bond donors (Lipinski definition) is 2. The van der Waals surface area contributed by atoms with Gasteiger partial charge in [-0.1, -0.05) is 12.1 Å². The number of amides is 2. The predicted molar refractivity (Wildman–Crippen MR) is 88.9 cm³/mol. The molecule has 0 fully saturated rings. The highest BCUT2D eigenvalue weighted by Crippen LogP contribution is 2.31. The van der Waals surface area contributed by atoms with Gasteiger partial charge in [-0.2, -0.15) is 5.10 Å². The van der Waals surface area contributed by atoms with E-state index < -0.39 is 6.03 Å². The molecule has 2 amide bonds. The normalized spacial score (nSPS) is 12.4. The molecule has 1 heterocycles. The smallest absolute Gasteiger partial charge is 0.345 e. The molecule has 6 nitrogen and oxygen atoms in total. The minimum atomic E-state index is -0.395. The molecule has 0 aromatic heterocycles. The zero-order valence-electron chi connectivity index (χ0n) is 12.4. The van der Waals surface area contributed by atoms with Crippen LogP contribution in [-0.4, -0.2) is 19.0 Å². The highest BCUT2D eigenvalue weighted by atomic mass is 32.2. The third-order valence-corrected chi connectivity index (χ3v) is 3.80. The van der Waals surface area contributed by atoms with Gasteiger partial charge in [0.1, 0.15) is 0 Å². The molecule has 0 saturated heterocycles. The molecule has 118 valence electrons. The van der Waals surface area contributed by atoms with Crippen molar-refractivity contribution in [1.29, 1.82) is 0 Å². The minimum Gasteiger partial charge on any atom is -0.454 e. The van der Waals surface area contributed by atoms with Crippen molar-refractivity contribution < 1.29 is 14.3 Å². The molecule has 1 aliphatic rings. The monoisotopic (exact) mass is 329 g/mol. The van der Waals surface area contributed by atoms with Crippen LogP contribution in [0.2, 0.25) is 0 Å². The molecular weight excluding hydrogens is 314 g/mol. The largest absolute Gasteiger partial charge is 0.454 e. The van der Waals surface area contributed by atoms with Gasteiger partial charge in [-0.15, -0.1) is 0 Å². The molecule has 23 heavy (non-hydrogen) atoms. The molecule has 3 rings (SSSR count). The van der Waals surface area contributed by atoms with E-state index in [9.17, 15) is 4.79 Å². The van der Waals surface area contributed by atoms with E-state index in [0.717, 1.165) is 16.0 Å². The quantitative estimate of drug-likeness (QED) is 0.514. The van der Waals surface area contributed by atoms with Crippen molar-refractivity contribution in [1.82, 2.24) is 10.1 Å². The van der Waals surface area contributed by atoms with Gasteiger partial charge >= 0.3 is 6.03 Å². The van der Waals surface area contributed by atoms with Crippen molar-refractivity contribution in [3.8, 4) is 11.5 Å². The number of hydrogen-bond acceptors (Lipinski definition) is 5. The maximum absolute atomic E-state index is 11.7. The fourth-order valence-corrected chi connectivity index (χ4v) is 2.61. The average molecular weight is 329 g/mol. The number of aryl methyl sites for hydroxylation is 1. The van der Waals surface area contributed by atoms with Crippen LogP contribution in [0.4, 0.5) is 4.79 Å². The molecule has 0 atom stereocenters. The Morgan fingerprint density at radius 2 is 2.09 bits per heavy atom. The van der Waals surface area contributed by atoms with Crippen molar-refractivity contribution >= 4 is 24.2 Å². The lowest BCUT2D eigenvalue weighted by Gasteiger charge is -2.04. The van der Waals surface area contributed by atoms with Gasteiger partial charge in [-0.25, -0.2) is 10.2 Å². The van der Waals surface area contributed by atoms with Crippen molar-refractivity contribution in [2.75, 3.05) is 6.79 Å². The van der Waals surface area contributed by atoms with Crippen LogP contribution in [0, 0.1) is 6.92 Å². The van der Waals surface area contributed by atoms with E-state index in [2.05, 4.69) is 15.2 Å². The predicted octanol–water partition coefficient (Wildman–Crippen LogP) is 3.06. The highest BCUT2D eigenvalue weighted by molar-refractivity contribution is 7.98. The van der Waals surface area contributed by atoms with Gasteiger partial charge in [0.05, 0.1) is 6.21 Å². The number of rotatable bonds is 4. The average Bonchev–Trinajstić information content (AvgIpc) is 3.01. The van der Waals surface area contributed by atoms with Crippen molar-refractivity contribution in [3.05, 3.63) is 53.6 Å². The summed E-state index contributed by atoms with van der Waals surface area (Å²) in [5, 5.41) is 3.90. The second kappa shape index (κ2) is 7.06. The van der Waals surface area contributed by atoms with Gasteiger partial charge in [-0.3, -0.25) is 4.72 Å². The minimum absolute atomic E-state index is 0.229.